The second kappa shape index (κ2) is 8.31. The van der Waals surface area contributed by atoms with Gasteiger partial charge in [-0.3, -0.25) is 9.78 Å². The number of hydrogen-bond donors (Lipinski definition) is 4. The third kappa shape index (κ3) is 4.78. The van der Waals surface area contributed by atoms with Crippen LogP contribution in [0.5, 0.6) is 0 Å². The predicted octanol–water partition coefficient (Wildman–Crippen LogP) is 0.345. The first-order valence-corrected chi connectivity index (χ1v) is 6.97. The van der Waals surface area contributed by atoms with Gasteiger partial charge in [-0.25, -0.2) is 0 Å². The zero-order valence-corrected chi connectivity index (χ0v) is 11.8. The molecule has 0 aliphatic rings. The molecule has 112 valence electrons. The number of pyridine rings is 1. The lowest BCUT2D eigenvalue weighted by molar-refractivity contribution is -0.115. The van der Waals surface area contributed by atoms with Gasteiger partial charge < -0.3 is 21.1 Å². The van der Waals surface area contributed by atoms with Crippen LogP contribution in [0.15, 0.2) is 36.5 Å². The van der Waals surface area contributed by atoms with Crippen molar-refractivity contribution in [1.82, 2.24) is 15.6 Å². The number of aliphatic hydroxyl groups excluding tert-OH is 1. The summed E-state index contributed by atoms with van der Waals surface area (Å²) in [5.74, 6) is -0.102. The summed E-state index contributed by atoms with van der Waals surface area (Å²) in [7, 11) is 0. The molecular weight excluding hydrogens is 268 g/mol. The fraction of sp³-hybridized carbons (Fsp3) is 0.333. The maximum Gasteiger partial charge on any atom is 0.238 e. The first-order chi connectivity index (χ1) is 10.3. The van der Waals surface area contributed by atoms with Crippen molar-refractivity contribution >= 4 is 22.5 Å². The summed E-state index contributed by atoms with van der Waals surface area (Å²) >= 11 is 0. The van der Waals surface area contributed by atoms with Gasteiger partial charge in [-0.15, -0.1) is 0 Å². The van der Waals surface area contributed by atoms with E-state index in [9.17, 15) is 4.79 Å². The lowest BCUT2D eigenvalue weighted by Gasteiger charge is -2.09. The number of rotatable bonds is 8. The minimum Gasteiger partial charge on any atom is -0.395 e. The number of hydrogen-bond acceptors (Lipinski definition) is 5. The number of carbonyl (C=O) groups excluding carboxylic acids is 1. The molecular formula is C15H20N4O2. The van der Waals surface area contributed by atoms with Crippen LogP contribution in [0, 0.1) is 0 Å². The first kappa shape index (κ1) is 15.4. The quantitative estimate of drug-likeness (QED) is 0.526. The molecule has 6 nitrogen and oxygen atoms in total. The summed E-state index contributed by atoms with van der Waals surface area (Å²) in [6, 6.07) is 9.53. The van der Waals surface area contributed by atoms with E-state index < -0.39 is 0 Å². The lowest BCUT2D eigenvalue weighted by atomic mass is 10.2. The topological polar surface area (TPSA) is 86.3 Å². The first-order valence-electron chi connectivity index (χ1n) is 6.97. The summed E-state index contributed by atoms with van der Waals surface area (Å²) in [5.41, 5.74) is 1.51. The molecule has 0 fully saturated rings. The molecule has 2 aromatic rings. The van der Waals surface area contributed by atoms with Crippen LogP contribution < -0.4 is 16.0 Å². The van der Waals surface area contributed by atoms with Crippen molar-refractivity contribution in [2.75, 3.05) is 38.1 Å². The molecule has 21 heavy (non-hydrogen) atoms. The van der Waals surface area contributed by atoms with Crippen LogP contribution >= 0.6 is 0 Å². The van der Waals surface area contributed by atoms with Gasteiger partial charge in [0, 0.05) is 31.2 Å². The van der Waals surface area contributed by atoms with Crippen LogP contribution in [0.25, 0.3) is 10.9 Å². The number of anilines is 1. The Morgan fingerprint density at radius 1 is 1.10 bits per heavy atom. The molecule has 0 unspecified atom stereocenters. The van der Waals surface area contributed by atoms with E-state index in [0.29, 0.717) is 19.6 Å². The summed E-state index contributed by atoms with van der Waals surface area (Å²) in [6.45, 7) is 2.30. The summed E-state index contributed by atoms with van der Waals surface area (Å²) in [6.07, 6.45) is 1.71. The number of nitrogens with one attached hydrogen (secondary N) is 3. The smallest absolute Gasteiger partial charge is 0.238 e. The number of para-hydroxylation sites is 1. The average Bonchev–Trinajstić information content (AvgIpc) is 2.51. The maximum absolute atomic E-state index is 11.9. The van der Waals surface area contributed by atoms with Gasteiger partial charge in [-0.2, -0.15) is 0 Å². The van der Waals surface area contributed by atoms with Gasteiger partial charge in [-0.1, -0.05) is 18.2 Å². The van der Waals surface area contributed by atoms with E-state index >= 15 is 0 Å². The number of aromatic nitrogens is 1. The minimum absolute atomic E-state index is 0.102. The van der Waals surface area contributed by atoms with Gasteiger partial charge in [0.15, 0.2) is 0 Å². The van der Waals surface area contributed by atoms with E-state index in [4.69, 9.17) is 5.11 Å². The Balaban J connectivity index is 1.82. The van der Waals surface area contributed by atoms with Crippen molar-refractivity contribution in [2.24, 2.45) is 0 Å². The second-order valence-corrected chi connectivity index (χ2v) is 4.58. The SMILES string of the molecule is O=C(CNCCNCCO)Nc1cccc2cccnc12. The molecule has 0 saturated carbocycles. The summed E-state index contributed by atoms with van der Waals surface area (Å²) < 4.78 is 0. The number of carbonyl (C=O) groups is 1. The third-order valence-corrected chi connectivity index (χ3v) is 2.96. The number of aliphatic hydroxyl groups is 1. The zero-order valence-electron chi connectivity index (χ0n) is 11.8. The maximum atomic E-state index is 11.9. The van der Waals surface area contributed by atoms with Crippen LogP contribution in [-0.2, 0) is 4.79 Å². The Morgan fingerprint density at radius 2 is 1.90 bits per heavy atom. The molecule has 1 aromatic heterocycles. The average molecular weight is 288 g/mol. The zero-order chi connectivity index (χ0) is 14.9. The Hall–Kier alpha value is -2.02. The second-order valence-electron chi connectivity index (χ2n) is 4.58. The van der Waals surface area contributed by atoms with Crippen molar-refractivity contribution in [1.29, 1.82) is 0 Å². The Morgan fingerprint density at radius 3 is 2.76 bits per heavy atom. The van der Waals surface area contributed by atoms with Gasteiger partial charge >= 0.3 is 0 Å². The lowest BCUT2D eigenvalue weighted by Crippen LogP contribution is -2.34. The van der Waals surface area contributed by atoms with Crippen molar-refractivity contribution in [3.05, 3.63) is 36.5 Å². The standard InChI is InChI=1S/C15H20N4O2/c20-10-9-16-7-8-17-11-14(21)19-13-5-1-3-12-4-2-6-18-15(12)13/h1-6,16-17,20H,7-11H2,(H,19,21). The van der Waals surface area contributed by atoms with Crippen LogP contribution in [0.3, 0.4) is 0 Å². The van der Waals surface area contributed by atoms with Crippen molar-refractivity contribution < 1.29 is 9.90 Å². The Bertz CT molecular complexity index is 583. The molecule has 0 bridgehead atoms. The molecule has 0 aliphatic heterocycles. The van der Waals surface area contributed by atoms with E-state index in [0.717, 1.165) is 16.6 Å². The molecule has 0 saturated heterocycles. The number of nitrogens with zero attached hydrogens (tertiary/aromatic N) is 1. The van der Waals surface area contributed by atoms with Gasteiger partial charge in [0.1, 0.15) is 0 Å². The van der Waals surface area contributed by atoms with Crippen molar-refractivity contribution in [3.8, 4) is 0 Å². The van der Waals surface area contributed by atoms with Crippen LogP contribution in [-0.4, -0.2) is 48.8 Å². The van der Waals surface area contributed by atoms with Crippen LogP contribution in [0.2, 0.25) is 0 Å². The Labute approximate surface area is 123 Å². The fourth-order valence-electron chi connectivity index (χ4n) is 1.98. The number of fused-ring (bicyclic) bond motifs is 1. The molecule has 0 atom stereocenters. The van der Waals surface area contributed by atoms with Crippen LogP contribution in [0.1, 0.15) is 0 Å². The van der Waals surface area contributed by atoms with E-state index in [1.165, 1.54) is 0 Å². The summed E-state index contributed by atoms with van der Waals surface area (Å²) in [5, 5.41) is 18.5. The highest BCUT2D eigenvalue weighted by atomic mass is 16.3. The molecule has 1 heterocycles. The molecule has 0 radical (unpaired) electrons. The monoisotopic (exact) mass is 288 g/mol. The molecule has 1 amide bonds. The highest BCUT2D eigenvalue weighted by Gasteiger charge is 2.05. The molecule has 2 rings (SSSR count). The molecule has 6 heteroatoms. The fourth-order valence-corrected chi connectivity index (χ4v) is 1.98. The van der Waals surface area contributed by atoms with Crippen molar-refractivity contribution in [2.45, 2.75) is 0 Å². The van der Waals surface area contributed by atoms with E-state index in [-0.39, 0.29) is 19.1 Å². The molecule has 0 aliphatic carbocycles. The normalized spacial score (nSPS) is 10.7. The number of benzene rings is 1. The largest absolute Gasteiger partial charge is 0.395 e. The molecule has 4 N–H and O–H groups in total. The summed E-state index contributed by atoms with van der Waals surface area (Å²) in [4.78, 5) is 16.2. The molecule has 1 aromatic carbocycles. The highest BCUT2D eigenvalue weighted by molar-refractivity contribution is 6.00. The predicted molar refractivity (Wildman–Crippen MR) is 83.2 cm³/mol. The van der Waals surface area contributed by atoms with Gasteiger partial charge in [0.25, 0.3) is 0 Å². The number of amides is 1. The minimum atomic E-state index is -0.102. The Kier molecular flexibility index (Phi) is 6.08. The van der Waals surface area contributed by atoms with Gasteiger partial charge in [-0.05, 0) is 12.1 Å². The van der Waals surface area contributed by atoms with Crippen LogP contribution in [0.4, 0.5) is 5.69 Å². The van der Waals surface area contributed by atoms with E-state index in [2.05, 4.69) is 20.9 Å². The van der Waals surface area contributed by atoms with E-state index in [1.807, 2.05) is 30.3 Å². The van der Waals surface area contributed by atoms with Crippen molar-refractivity contribution in [3.63, 3.8) is 0 Å². The van der Waals surface area contributed by atoms with Gasteiger partial charge in [0.2, 0.25) is 5.91 Å². The third-order valence-electron chi connectivity index (χ3n) is 2.96. The van der Waals surface area contributed by atoms with E-state index in [1.54, 1.807) is 6.20 Å². The molecule has 0 spiro atoms. The highest BCUT2D eigenvalue weighted by Crippen LogP contribution is 2.20. The van der Waals surface area contributed by atoms with Gasteiger partial charge in [0.05, 0.1) is 24.4 Å².